The van der Waals surface area contributed by atoms with E-state index in [2.05, 4.69) is 76.4 Å². The molecule has 1 saturated heterocycles. The normalized spacial score (nSPS) is 16.8. The Labute approximate surface area is 177 Å². The van der Waals surface area contributed by atoms with Gasteiger partial charge >= 0.3 is 0 Å². The van der Waals surface area contributed by atoms with Crippen LogP contribution in [0.4, 0.5) is 5.69 Å². The number of tetrazole rings is 1. The van der Waals surface area contributed by atoms with Crippen LogP contribution >= 0.6 is 11.6 Å². The van der Waals surface area contributed by atoms with Crippen molar-refractivity contribution in [3.8, 4) is 0 Å². The maximum absolute atomic E-state index is 6.19. The lowest BCUT2D eigenvalue weighted by Crippen LogP contribution is -2.48. The predicted octanol–water partition coefficient (Wildman–Crippen LogP) is 3.99. The first kappa shape index (κ1) is 19.9. The second-order valence-corrected chi connectivity index (χ2v) is 8.87. The molecule has 0 unspecified atom stereocenters. The van der Waals surface area contributed by atoms with Gasteiger partial charge in [-0.25, -0.2) is 4.68 Å². The molecule has 4 rings (SSSR count). The summed E-state index contributed by atoms with van der Waals surface area (Å²) in [4.78, 5) is 4.86. The average molecular weight is 411 g/mol. The fourth-order valence-electron chi connectivity index (χ4n) is 3.91. The van der Waals surface area contributed by atoms with Gasteiger partial charge < -0.3 is 4.90 Å². The molecule has 2 heterocycles. The number of piperazine rings is 1. The molecule has 7 heteroatoms. The number of hydrogen-bond donors (Lipinski definition) is 0. The monoisotopic (exact) mass is 410 g/mol. The zero-order chi connectivity index (χ0) is 20.4. The Morgan fingerprint density at radius 2 is 1.66 bits per heavy atom. The van der Waals surface area contributed by atoms with Crippen LogP contribution in [0.1, 0.15) is 38.2 Å². The van der Waals surface area contributed by atoms with Crippen LogP contribution in [-0.4, -0.2) is 51.3 Å². The average Bonchev–Trinajstić information content (AvgIpc) is 3.20. The Balaban J connectivity index is 1.62. The van der Waals surface area contributed by atoms with E-state index in [4.69, 9.17) is 11.6 Å². The van der Waals surface area contributed by atoms with E-state index in [-0.39, 0.29) is 11.6 Å². The summed E-state index contributed by atoms with van der Waals surface area (Å²) in [5.74, 6) is 0.889. The molecule has 2 aromatic carbocycles. The van der Waals surface area contributed by atoms with Gasteiger partial charge in [-0.1, -0.05) is 48.0 Å². The third kappa shape index (κ3) is 4.28. The van der Waals surface area contributed by atoms with Gasteiger partial charge in [0.25, 0.3) is 0 Å². The number of anilines is 1. The van der Waals surface area contributed by atoms with Crippen molar-refractivity contribution in [3.63, 3.8) is 0 Å². The van der Waals surface area contributed by atoms with Gasteiger partial charge in [0, 0.05) is 36.9 Å². The molecule has 1 aromatic heterocycles. The van der Waals surface area contributed by atoms with Crippen molar-refractivity contribution in [1.82, 2.24) is 25.1 Å². The van der Waals surface area contributed by atoms with E-state index in [9.17, 15) is 0 Å². The van der Waals surface area contributed by atoms with Gasteiger partial charge in [0.15, 0.2) is 5.82 Å². The molecule has 1 atom stereocenters. The lowest BCUT2D eigenvalue weighted by molar-refractivity contribution is 0.191. The van der Waals surface area contributed by atoms with Gasteiger partial charge in [0.1, 0.15) is 0 Å². The maximum atomic E-state index is 6.19. The number of hydrogen-bond acceptors (Lipinski definition) is 5. The second kappa shape index (κ2) is 8.13. The van der Waals surface area contributed by atoms with E-state index in [1.165, 1.54) is 11.3 Å². The minimum absolute atomic E-state index is 0.0203. The van der Waals surface area contributed by atoms with Crippen molar-refractivity contribution in [2.75, 3.05) is 31.1 Å². The Morgan fingerprint density at radius 3 is 2.31 bits per heavy atom. The molecule has 6 nitrogen and oxygen atoms in total. The summed E-state index contributed by atoms with van der Waals surface area (Å²) in [5, 5.41) is 13.5. The third-order valence-corrected chi connectivity index (χ3v) is 5.58. The molecule has 0 N–H and O–H groups in total. The Kier molecular flexibility index (Phi) is 5.56. The maximum Gasteiger partial charge on any atom is 0.173 e. The van der Waals surface area contributed by atoms with Crippen LogP contribution < -0.4 is 4.90 Å². The first-order valence-electron chi connectivity index (χ1n) is 10.0. The molecule has 152 valence electrons. The summed E-state index contributed by atoms with van der Waals surface area (Å²) >= 11 is 6.19. The van der Waals surface area contributed by atoms with Crippen molar-refractivity contribution < 1.29 is 0 Å². The zero-order valence-electron chi connectivity index (χ0n) is 17.2. The van der Waals surface area contributed by atoms with E-state index in [0.717, 1.165) is 37.0 Å². The summed E-state index contributed by atoms with van der Waals surface area (Å²) in [7, 11) is 0. The topological polar surface area (TPSA) is 50.1 Å². The lowest BCUT2D eigenvalue weighted by atomic mass is 10.0. The number of halogens is 1. The number of benzene rings is 2. The number of rotatable bonds is 4. The summed E-state index contributed by atoms with van der Waals surface area (Å²) in [5.41, 5.74) is 2.20. The van der Waals surface area contributed by atoms with Crippen molar-refractivity contribution in [2.45, 2.75) is 32.4 Å². The summed E-state index contributed by atoms with van der Waals surface area (Å²) in [6, 6.07) is 18.6. The molecule has 0 radical (unpaired) electrons. The Hall–Kier alpha value is -2.44. The van der Waals surface area contributed by atoms with Gasteiger partial charge in [-0.05, 0) is 55.0 Å². The highest BCUT2D eigenvalue weighted by Crippen LogP contribution is 2.31. The fraction of sp³-hybridized carbons (Fsp3) is 0.409. The second-order valence-electron chi connectivity index (χ2n) is 8.44. The van der Waals surface area contributed by atoms with Crippen LogP contribution in [0.3, 0.4) is 0 Å². The minimum atomic E-state index is -0.186. The zero-order valence-corrected chi connectivity index (χ0v) is 17.9. The van der Waals surface area contributed by atoms with Gasteiger partial charge in [-0.2, -0.15) is 0 Å². The van der Waals surface area contributed by atoms with Gasteiger partial charge in [-0.3, -0.25) is 4.90 Å². The summed E-state index contributed by atoms with van der Waals surface area (Å²) < 4.78 is 1.95. The Morgan fingerprint density at radius 1 is 0.931 bits per heavy atom. The van der Waals surface area contributed by atoms with Gasteiger partial charge in [0.2, 0.25) is 0 Å². The Bertz CT molecular complexity index is 941. The molecule has 0 saturated carbocycles. The highest BCUT2D eigenvalue weighted by Gasteiger charge is 2.33. The van der Waals surface area contributed by atoms with E-state index in [1.807, 2.05) is 28.9 Å². The summed E-state index contributed by atoms with van der Waals surface area (Å²) in [6.07, 6.45) is 0. The molecule has 0 bridgehead atoms. The van der Waals surface area contributed by atoms with Crippen LogP contribution in [0.2, 0.25) is 5.02 Å². The molecule has 29 heavy (non-hydrogen) atoms. The highest BCUT2D eigenvalue weighted by molar-refractivity contribution is 6.30. The molecule has 1 aliphatic rings. The molecule has 0 spiro atoms. The lowest BCUT2D eigenvalue weighted by Gasteiger charge is -2.40. The van der Waals surface area contributed by atoms with Crippen LogP contribution in [0, 0.1) is 0 Å². The standard InChI is InChI=1S/C22H27ClN6/c1-22(2,3)29-21(24-25-26-29)20(17-8-5-4-6-9-17)28-14-12-27(13-15-28)19-11-7-10-18(23)16-19/h4-11,16,20H,12-15H2,1-3H3/t20-/m1/s1. The minimum Gasteiger partial charge on any atom is -0.369 e. The van der Waals surface area contributed by atoms with Crippen molar-refractivity contribution in [3.05, 3.63) is 71.0 Å². The fourth-order valence-corrected chi connectivity index (χ4v) is 4.10. The smallest absolute Gasteiger partial charge is 0.173 e. The van der Waals surface area contributed by atoms with Crippen molar-refractivity contribution >= 4 is 17.3 Å². The van der Waals surface area contributed by atoms with Crippen molar-refractivity contribution in [1.29, 1.82) is 0 Å². The largest absolute Gasteiger partial charge is 0.369 e. The van der Waals surface area contributed by atoms with Gasteiger partial charge in [0.05, 0.1) is 11.6 Å². The first-order valence-corrected chi connectivity index (χ1v) is 10.4. The van der Waals surface area contributed by atoms with Crippen LogP contribution in [-0.2, 0) is 5.54 Å². The molecule has 3 aromatic rings. The van der Waals surface area contributed by atoms with E-state index in [1.54, 1.807) is 0 Å². The first-order chi connectivity index (χ1) is 13.9. The molecular formula is C22H27ClN6. The molecule has 1 fully saturated rings. The number of aromatic nitrogens is 4. The van der Waals surface area contributed by atoms with Crippen LogP contribution in [0.15, 0.2) is 54.6 Å². The van der Waals surface area contributed by atoms with E-state index < -0.39 is 0 Å². The summed E-state index contributed by atoms with van der Waals surface area (Å²) in [6.45, 7) is 10.1. The van der Waals surface area contributed by atoms with E-state index in [0.29, 0.717) is 0 Å². The van der Waals surface area contributed by atoms with Crippen LogP contribution in [0.25, 0.3) is 0 Å². The van der Waals surface area contributed by atoms with Crippen molar-refractivity contribution in [2.24, 2.45) is 0 Å². The quantitative estimate of drug-likeness (QED) is 0.650. The third-order valence-electron chi connectivity index (χ3n) is 5.34. The molecule has 1 aliphatic heterocycles. The van der Waals surface area contributed by atoms with E-state index >= 15 is 0 Å². The molecular weight excluding hydrogens is 384 g/mol. The predicted molar refractivity (Wildman–Crippen MR) is 116 cm³/mol. The number of nitrogens with zero attached hydrogens (tertiary/aromatic N) is 6. The highest BCUT2D eigenvalue weighted by atomic mass is 35.5. The molecule has 0 amide bonds. The van der Waals surface area contributed by atoms with Gasteiger partial charge in [-0.15, -0.1) is 5.10 Å². The van der Waals surface area contributed by atoms with Crippen LogP contribution in [0.5, 0.6) is 0 Å². The molecule has 0 aliphatic carbocycles. The SMILES string of the molecule is CC(C)(C)n1nnnc1[C@@H](c1ccccc1)N1CCN(c2cccc(Cl)c2)CC1.